The molecule has 0 saturated carbocycles. The van der Waals surface area contributed by atoms with Gasteiger partial charge in [0.05, 0.1) is 12.5 Å². The second-order valence-electron chi connectivity index (χ2n) is 3.85. The van der Waals surface area contributed by atoms with Crippen LogP contribution >= 0.6 is 0 Å². The number of carbonyl (C=O) groups is 2. The topological polar surface area (TPSA) is 95.9 Å². The van der Waals surface area contributed by atoms with Gasteiger partial charge in [0.2, 0.25) is 0 Å². The molecule has 1 amide bonds. The summed E-state index contributed by atoms with van der Waals surface area (Å²) in [4.78, 5) is 22.0. The minimum absolute atomic E-state index is 0.0599. The van der Waals surface area contributed by atoms with Crippen molar-refractivity contribution < 1.29 is 24.5 Å². The first-order valence-electron chi connectivity index (χ1n) is 5.56. The standard InChI is InChI=1S/C13H15NO5/c1-9(15)11(7-12(16)17)14-13(18)19-8-10-5-3-2-4-6-10/h2-6,11,15H,1,7-8H2,(H,14,18)(H,16,17). The van der Waals surface area contributed by atoms with Crippen molar-refractivity contribution in [2.75, 3.05) is 0 Å². The van der Waals surface area contributed by atoms with E-state index in [9.17, 15) is 9.59 Å². The van der Waals surface area contributed by atoms with E-state index < -0.39 is 30.3 Å². The van der Waals surface area contributed by atoms with Gasteiger partial charge in [0.25, 0.3) is 0 Å². The minimum Gasteiger partial charge on any atom is -0.511 e. The summed E-state index contributed by atoms with van der Waals surface area (Å²) in [5, 5.41) is 20.0. The summed E-state index contributed by atoms with van der Waals surface area (Å²) in [6.07, 6.45) is -1.28. The number of hydrogen-bond donors (Lipinski definition) is 3. The van der Waals surface area contributed by atoms with Gasteiger partial charge in [-0.1, -0.05) is 36.9 Å². The Bertz CT molecular complexity index is 457. The summed E-state index contributed by atoms with van der Waals surface area (Å²) in [5.74, 6) is -1.59. The van der Waals surface area contributed by atoms with E-state index in [1.165, 1.54) is 0 Å². The highest BCUT2D eigenvalue weighted by Crippen LogP contribution is 2.04. The highest BCUT2D eigenvalue weighted by Gasteiger charge is 2.19. The van der Waals surface area contributed by atoms with E-state index in [4.69, 9.17) is 14.9 Å². The molecule has 0 aliphatic rings. The SMILES string of the molecule is C=C(O)C(CC(=O)O)NC(=O)OCc1ccccc1. The number of hydrogen-bond acceptors (Lipinski definition) is 4. The van der Waals surface area contributed by atoms with Crippen molar-refractivity contribution in [1.29, 1.82) is 0 Å². The number of carboxylic acids is 1. The zero-order valence-corrected chi connectivity index (χ0v) is 10.2. The Hall–Kier alpha value is -2.50. The molecule has 1 aromatic rings. The van der Waals surface area contributed by atoms with Crippen LogP contribution in [0.4, 0.5) is 4.79 Å². The van der Waals surface area contributed by atoms with E-state index in [-0.39, 0.29) is 6.61 Å². The lowest BCUT2D eigenvalue weighted by atomic mass is 10.2. The number of ether oxygens (including phenoxy) is 1. The molecule has 1 unspecified atom stereocenters. The maximum atomic E-state index is 11.4. The molecule has 0 radical (unpaired) electrons. The molecule has 3 N–H and O–H groups in total. The lowest BCUT2D eigenvalue weighted by molar-refractivity contribution is -0.137. The number of rotatable bonds is 6. The molecule has 19 heavy (non-hydrogen) atoms. The number of aliphatic carboxylic acids is 1. The summed E-state index contributed by atoms with van der Waals surface area (Å²) in [5.41, 5.74) is 0.801. The first kappa shape index (κ1) is 14.6. The van der Waals surface area contributed by atoms with Gasteiger partial charge in [0, 0.05) is 0 Å². The molecule has 6 nitrogen and oxygen atoms in total. The van der Waals surface area contributed by atoms with Crippen LogP contribution in [0.5, 0.6) is 0 Å². The smallest absolute Gasteiger partial charge is 0.408 e. The van der Waals surface area contributed by atoms with Crippen LogP contribution in [-0.2, 0) is 16.1 Å². The van der Waals surface area contributed by atoms with Crippen LogP contribution in [0.25, 0.3) is 0 Å². The predicted molar refractivity (Wildman–Crippen MR) is 67.6 cm³/mol. The molecule has 0 spiro atoms. The first-order chi connectivity index (χ1) is 8.99. The second-order valence-corrected chi connectivity index (χ2v) is 3.85. The number of alkyl carbamates (subject to hydrolysis) is 1. The Balaban J connectivity index is 2.45. The summed E-state index contributed by atoms with van der Waals surface area (Å²) in [6.45, 7) is 3.26. The zero-order valence-electron chi connectivity index (χ0n) is 10.2. The van der Waals surface area contributed by atoms with Gasteiger partial charge < -0.3 is 20.3 Å². The van der Waals surface area contributed by atoms with Crippen LogP contribution < -0.4 is 5.32 Å². The Labute approximate surface area is 110 Å². The van der Waals surface area contributed by atoms with Gasteiger partial charge in [-0.05, 0) is 5.56 Å². The zero-order chi connectivity index (χ0) is 14.3. The van der Waals surface area contributed by atoms with E-state index >= 15 is 0 Å². The predicted octanol–water partition coefficient (Wildman–Crippen LogP) is 1.83. The quantitative estimate of drug-likeness (QED) is 0.682. The average molecular weight is 265 g/mol. The second kappa shape index (κ2) is 7.05. The fourth-order valence-corrected chi connectivity index (χ4v) is 1.33. The van der Waals surface area contributed by atoms with E-state index in [0.717, 1.165) is 5.56 Å². The van der Waals surface area contributed by atoms with Crippen molar-refractivity contribution in [2.45, 2.75) is 19.1 Å². The Morgan fingerprint density at radius 2 is 1.89 bits per heavy atom. The molecule has 1 rings (SSSR count). The highest BCUT2D eigenvalue weighted by molar-refractivity contribution is 5.72. The fraction of sp³-hybridized carbons (Fsp3) is 0.231. The highest BCUT2D eigenvalue weighted by atomic mass is 16.5. The lowest BCUT2D eigenvalue weighted by Crippen LogP contribution is -2.38. The third kappa shape index (κ3) is 5.58. The molecule has 0 aliphatic heterocycles. The molecule has 6 heteroatoms. The molecule has 0 fully saturated rings. The van der Waals surface area contributed by atoms with Gasteiger partial charge in [-0.15, -0.1) is 0 Å². The van der Waals surface area contributed by atoms with Crippen LogP contribution in [0, 0.1) is 0 Å². The van der Waals surface area contributed by atoms with Crippen LogP contribution in [0.2, 0.25) is 0 Å². The Morgan fingerprint density at radius 3 is 2.42 bits per heavy atom. The molecule has 102 valence electrons. The molecular weight excluding hydrogens is 250 g/mol. The number of aliphatic hydroxyl groups excluding tert-OH is 1. The van der Waals surface area contributed by atoms with E-state index in [0.29, 0.717) is 0 Å². The van der Waals surface area contributed by atoms with Crippen LogP contribution in [0.1, 0.15) is 12.0 Å². The molecule has 0 bridgehead atoms. The third-order valence-electron chi connectivity index (χ3n) is 2.29. The van der Waals surface area contributed by atoms with Gasteiger partial charge in [-0.2, -0.15) is 0 Å². The largest absolute Gasteiger partial charge is 0.511 e. The van der Waals surface area contributed by atoms with E-state index in [2.05, 4.69) is 11.9 Å². The van der Waals surface area contributed by atoms with Crippen molar-refractivity contribution in [1.82, 2.24) is 5.32 Å². The summed E-state index contributed by atoms with van der Waals surface area (Å²) < 4.78 is 4.90. The summed E-state index contributed by atoms with van der Waals surface area (Å²) in [6, 6.07) is 7.95. The first-order valence-corrected chi connectivity index (χ1v) is 5.56. The van der Waals surface area contributed by atoms with Crippen LogP contribution in [-0.4, -0.2) is 28.3 Å². The van der Waals surface area contributed by atoms with Crippen LogP contribution in [0.15, 0.2) is 42.7 Å². The van der Waals surface area contributed by atoms with E-state index in [1.54, 1.807) is 24.3 Å². The molecule has 1 atom stereocenters. The number of aliphatic hydroxyl groups is 1. The van der Waals surface area contributed by atoms with Crippen molar-refractivity contribution in [3.8, 4) is 0 Å². The van der Waals surface area contributed by atoms with Gasteiger partial charge in [-0.3, -0.25) is 4.79 Å². The normalized spacial score (nSPS) is 11.4. The van der Waals surface area contributed by atoms with Crippen molar-refractivity contribution in [2.24, 2.45) is 0 Å². The van der Waals surface area contributed by atoms with Gasteiger partial charge in [0.15, 0.2) is 0 Å². The van der Waals surface area contributed by atoms with Gasteiger partial charge in [-0.25, -0.2) is 4.79 Å². The molecule has 0 aliphatic carbocycles. The minimum atomic E-state index is -1.16. The van der Waals surface area contributed by atoms with Crippen molar-refractivity contribution in [3.63, 3.8) is 0 Å². The maximum Gasteiger partial charge on any atom is 0.408 e. The fourth-order valence-electron chi connectivity index (χ4n) is 1.33. The van der Waals surface area contributed by atoms with Crippen LogP contribution in [0.3, 0.4) is 0 Å². The number of amides is 1. The van der Waals surface area contributed by atoms with Gasteiger partial charge >= 0.3 is 12.1 Å². The molecule has 0 heterocycles. The van der Waals surface area contributed by atoms with Gasteiger partial charge in [0.1, 0.15) is 12.4 Å². The summed E-state index contributed by atoms with van der Waals surface area (Å²) in [7, 11) is 0. The Kier molecular flexibility index (Phi) is 5.40. The van der Waals surface area contributed by atoms with Crippen molar-refractivity contribution >= 4 is 12.1 Å². The third-order valence-corrected chi connectivity index (χ3v) is 2.29. The monoisotopic (exact) mass is 265 g/mol. The summed E-state index contributed by atoms with van der Waals surface area (Å²) >= 11 is 0. The number of benzene rings is 1. The number of carbonyl (C=O) groups excluding carboxylic acids is 1. The molecule has 0 aromatic heterocycles. The van der Waals surface area contributed by atoms with E-state index in [1.807, 2.05) is 6.07 Å². The maximum absolute atomic E-state index is 11.4. The van der Waals surface area contributed by atoms with Crippen molar-refractivity contribution in [3.05, 3.63) is 48.2 Å². The molecular formula is C13H15NO5. The molecule has 1 aromatic carbocycles. The molecule has 0 saturated heterocycles. The number of carboxylic acid groups (broad SMARTS) is 1. The average Bonchev–Trinajstić information content (AvgIpc) is 2.36. The Morgan fingerprint density at radius 1 is 1.26 bits per heavy atom. The lowest BCUT2D eigenvalue weighted by Gasteiger charge is -2.15. The number of nitrogens with one attached hydrogen (secondary N) is 1.